The van der Waals surface area contributed by atoms with Crippen LogP contribution in [0.15, 0.2) is 41.5 Å². The molecule has 2 N–H and O–H groups in total. The van der Waals surface area contributed by atoms with Gasteiger partial charge >= 0.3 is 0 Å². The SMILES string of the molecule is C(=NNc1cc(N2CCOCC2)cc(OCCN2CCOCC2)n1)c1n[nH]c2ccccc12. The molecule has 2 aliphatic heterocycles. The van der Waals surface area contributed by atoms with Gasteiger partial charge in [-0.3, -0.25) is 15.4 Å². The number of hydrogen-bond donors (Lipinski definition) is 2. The molecule has 0 amide bonds. The number of para-hydroxylation sites is 1. The van der Waals surface area contributed by atoms with E-state index in [-0.39, 0.29) is 0 Å². The molecule has 1 aromatic carbocycles. The van der Waals surface area contributed by atoms with E-state index in [1.54, 1.807) is 6.21 Å². The summed E-state index contributed by atoms with van der Waals surface area (Å²) >= 11 is 0. The smallest absolute Gasteiger partial charge is 0.217 e. The second kappa shape index (κ2) is 10.6. The van der Waals surface area contributed by atoms with Crippen molar-refractivity contribution in [1.29, 1.82) is 0 Å². The maximum Gasteiger partial charge on any atom is 0.217 e. The zero-order valence-electron chi connectivity index (χ0n) is 18.6. The number of pyridine rings is 1. The zero-order chi connectivity index (χ0) is 22.3. The molecular formula is C23H29N7O3. The first-order valence-corrected chi connectivity index (χ1v) is 11.3. The fourth-order valence-electron chi connectivity index (χ4n) is 3.97. The molecule has 0 unspecified atom stereocenters. The Kier molecular flexibility index (Phi) is 6.95. The van der Waals surface area contributed by atoms with Crippen molar-refractivity contribution in [2.24, 2.45) is 5.10 Å². The normalized spacial score (nSPS) is 17.6. The minimum Gasteiger partial charge on any atom is -0.476 e. The van der Waals surface area contributed by atoms with Gasteiger partial charge in [0.15, 0.2) is 5.82 Å². The fourth-order valence-corrected chi connectivity index (χ4v) is 3.97. The molecule has 0 bridgehead atoms. The number of aromatic amines is 1. The van der Waals surface area contributed by atoms with Crippen LogP contribution in [-0.2, 0) is 9.47 Å². The fraction of sp³-hybridized carbons (Fsp3) is 0.435. The van der Waals surface area contributed by atoms with E-state index in [1.807, 2.05) is 36.4 Å². The monoisotopic (exact) mass is 451 g/mol. The second-order valence-corrected chi connectivity index (χ2v) is 7.98. The zero-order valence-corrected chi connectivity index (χ0v) is 18.6. The Hall–Kier alpha value is -3.21. The van der Waals surface area contributed by atoms with Gasteiger partial charge in [0.1, 0.15) is 12.3 Å². The third-order valence-electron chi connectivity index (χ3n) is 5.79. The van der Waals surface area contributed by atoms with Gasteiger partial charge in [-0.05, 0) is 6.07 Å². The predicted molar refractivity (Wildman–Crippen MR) is 127 cm³/mol. The Morgan fingerprint density at radius 1 is 1.06 bits per heavy atom. The minimum absolute atomic E-state index is 0.571. The number of rotatable bonds is 8. The molecule has 2 aliphatic rings. The second-order valence-electron chi connectivity index (χ2n) is 7.98. The van der Waals surface area contributed by atoms with E-state index in [4.69, 9.17) is 14.2 Å². The third-order valence-corrected chi connectivity index (χ3v) is 5.79. The van der Waals surface area contributed by atoms with Gasteiger partial charge in [0, 0.05) is 55.9 Å². The first kappa shape index (κ1) is 21.6. The molecule has 5 rings (SSSR count). The number of fused-ring (bicyclic) bond motifs is 1. The van der Waals surface area contributed by atoms with Crippen molar-refractivity contribution < 1.29 is 14.2 Å². The number of hydrogen-bond acceptors (Lipinski definition) is 9. The quantitative estimate of drug-likeness (QED) is 0.396. The van der Waals surface area contributed by atoms with Crippen LogP contribution >= 0.6 is 0 Å². The van der Waals surface area contributed by atoms with Gasteiger partial charge in [-0.25, -0.2) is 0 Å². The Labute approximate surface area is 192 Å². The summed E-state index contributed by atoms with van der Waals surface area (Å²) < 4.78 is 16.9. The number of nitrogens with one attached hydrogen (secondary N) is 2. The van der Waals surface area contributed by atoms with E-state index < -0.39 is 0 Å². The number of H-pyrrole nitrogens is 1. The van der Waals surface area contributed by atoms with Crippen molar-refractivity contribution in [2.45, 2.75) is 0 Å². The topological polar surface area (TPSA) is 100 Å². The lowest BCUT2D eigenvalue weighted by atomic mass is 10.2. The molecule has 10 nitrogen and oxygen atoms in total. The lowest BCUT2D eigenvalue weighted by molar-refractivity contribution is 0.0320. The summed E-state index contributed by atoms with van der Waals surface area (Å²) in [6.45, 7) is 7.94. The van der Waals surface area contributed by atoms with Crippen LogP contribution in [0.1, 0.15) is 5.69 Å². The summed E-state index contributed by atoms with van der Waals surface area (Å²) in [5.41, 5.74) is 5.83. The van der Waals surface area contributed by atoms with E-state index >= 15 is 0 Å². The summed E-state index contributed by atoms with van der Waals surface area (Å²) in [5.74, 6) is 1.20. The average Bonchev–Trinajstić information content (AvgIpc) is 3.28. The number of aromatic nitrogens is 3. The lowest BCUT2D eigenvalue weighted by Crippen LogP contribution is -2.38. The van der Waals surface area contributed by atoms with Gasteiger partial charge in [-0.1, -0.05) is 18.2 Å². The van der Waals surface area contributed by atoms with Crippen molar-refractivity contribution in [3.8, 4) is 5.88 Å². The van der Waals surface area contributed by atoms with E-state index in [1.165, 1.54) is 0 Å². The third kappa shape index (κ3) is 5.59. The van der Waals surface area contributed by atoms with Crippen LogP contribution < -0.4 is 15.1 Å². The number of anilines is 2. The van der Waals surface area contributed by atoms with Gasteiger partial charge in [0.05, 0.1) is 38.2 Å². The number of ether oxygens (including phenoxy) is 3. The van der Waals surface area contributed by atoms with Crippen molar-refractivity contribution in [2.75, 3.05) is 76.1 Å². The molecule has 2 saturated heterocycles. The molecule has 0 radical (unpaired) electrons. The van der Waals surface area contributed by atoms with Crippen LogP contribution in [0.3, 0.4) is 0 Å². The van der Waals surface area contributed by atoms with Gasteiger partial charge in [0.25, 0.3) is 0 Å². The van der Waals surface area contributed by atoms with Crippen LogP contribution in [0, 0.1) is 0 Å². The van der Waals surface area contributed by atoms with Gasteiger partial charge < -0.3 is 19.1 Å². The Morgan fingerprint density at radius 2 is 1.85 bits per heavy atom. The van der Waals surface area contributed by atoms with Crippen LogP contribution in [-0.4, -0.2) is 92.1 Å². The minimum atomic E-state index is 0.571. The Morgan fingerprint density at radius 3 is 2.70 bits per heavy atom. The maximum absolute atomic E-state index is 6.03. The Bertz CT molecular complexity index is 1070. The van der Waals surface area contributed by atoms with Crippen LogP contribution in [0.25, 0.3) is 10.9 Å². The summed E-state index contributed by atoms with van der Waals surface area (Å²) in [4.78, 5) is 9.23. The highest BCUT2D eigenvalue weighted by atomic mass is 16.5. The van der Waals surface area contributed by atoms with Crippen LogP contribution in [0.2, 0.25) is 0 Å². The van der Waals surface area contributed by atoms with Gasteiger partial charge in [-0.2, -0.15) is 15.2 Å². The number of benzene rings is 1. The molecule has 0 spiro atoms. The molecule has 0 saturated carbocycles. The molecule has 174 valence electrons. The van der Waals surface area contributed by atoms with Crippen LogP contribution in [0.4, 0.5) is 11.5 Å². The highest BCUT2D eigenvalue weighted by molar-refractivity contribution is 5.96. The number of nitrogens with zero attached hydrogens (tertiary/aromatic N) is 5. The largest absolute Gasteiger partial charge is 0.476 e. The van der Waals surface area contributed by atoms with E-state index in [0.29, 0.717) is 31.5 Å². The molecule has 0 aliphatic carbocycles. The first-order chi connectivity index (χ1) is 16.3. The molecular weight excluding hydrogens is 422 g/mol. The lowest BCUT2D eigenvalue weighted by Gasteiger charge is -2.29. The molecule has 2 aromatic heterocycles. The molecule has 33 heavy (non-hydrogen) atoms. The molecule has 0 atom stereocenters. The number of morpholine rings is 2. The van der Waals surface area contributed by atoms with E-state index in [9.17, 15) is 0 Å². The van der Waals surface area contributed by atoms with Gasteiger partial charge in [0.2, 0.25) is 5.88 Å². The van der Waals surface area contributed by atoms with E-state index in [2.05, 4.69) is 35.5 Å². The first-order valence-electron chi connectivity index (χ1n) is 11.3. The predicted octanol–water partition coefficient (Wildman–Crippen LogP) is 1.95. The Balaban J connectivity index is 1.28. The van der Waals surface area contributed by atoms with Crippen molar-refractivity contribution in [1.82, 2.24) is 20.1 Å². The number of hydrazone groups is 1. The highest BCUT2D eigenvalue weighted by Crippen LogP contribution is 2.25. The van der Waals surface area contributed by atoms with E-state index in [0.717, 1.165) is 68.2 Å². The maximum atomic E-state index is 6.03. The van der Waals surface area contributed by atoms with Crippen LogP contribution in [0.5, 0.6) is 5.88 Å². The van der Waals surface area contributed by atoms with Crippen molar-refractivity contribution in [3.05, 3.63) is 42.1 Å². The summed E-state index contributed by atoms with van der Waals surface area (Å²) in [5, 5.41) is 12.7. The standard InChI is InChI=1S/C23H29N7O3/c1-2-4-20-19(3-1)21(27-26-20)17-24-28-22-15-18(30-8-12-32-13-9-30)16-23(25-22)33-14-7-29-5-10-31-11-6-29/h1-4,15-17H,5-14H2,(H,25,28)(H,26,27). The summed E-state index contributed by atoms with van der Waals surface area (Å²) in [6.07, 6.45) is 1.70. The summed E-state index contributed by atoms with van der Waals surface area (Å²) in [6, 6.07) is 11.9. The van der Waals surface area contributed by atoms with Crippen molar-refractivity contribution in [3.63, 3.8) is 0 Å². The van der Waals surface area contributed by atoms with Crippen molar-refractivity contribution >= 4 is 28.6 Å². The van der Waals surface area contributed by atoms with Gasteiger partial charge in [-0.15, -0.1) is 0 Å². The molecule has 3 aromatic rings. The molecule has 2 fully saturated rings. The average molecular weight is 452 g/mol. The summed E-state index contributed by atoms with van der Waals surface area (Å²) in [7, 11) is 0. The highest BCUT2D eigenvalue weighted by Gasteiger charge is 2.15. The molecule has 4 heterocycles. The molecule has 10 heteroatoms.